The van der Waals surface area contributed by atoms with Crippen LogP contribution in [0.2, 0.25) is 0 Å². The molecule has 0 aliphatic heterocycles. The maximum absolute atomic E-state index is 14.4. The van der Waals surface area contributed by atoms with Crippen molar-refractivity contribution in [1.82, 2.24) is 15.5 Å². The summed E-state index contributed by atoms with van der Waals surface area (Å²) in [5.41, 5.74) is 7.29. The summed E-state index contributed by atoms with van der Waals surface area (Å²) in [6.45, 7) is 17.9. The van der Waals surface area contributed by atoms with Gasteiger partial charge in [0.05, 0.1) is 0 Å². The van der Waals surface area contributed by atoms with Crippen LogP contribution in [0.15, 0.2) is 18.2 Å². The van der Waals surface area contributed by atoms with E-state index in [2.05, 4.69) is 31.4 Å². The summed E-state index contributed by atoms with van der Waals surface area (Å²) >= 11 is 0. The van der Waals surface area contributed by atoms with Gasteiger partial charge in [-0.3, -0.25) is 14.4 Å². The first-order valence-electron chi connectivity index (χ1n) is 15.0. The van der Waals surface area contributed by atoms with Crippen LogP contribution in [0.3, 0.4) is 0 Å². The topological polar surface area (TPSA) is 131 Å². The molecule has 9 nitrogen and oxygen atoms in total. The number of ether oxygens (including phenoxy) is 1. The lowest BCUT2D eigenvalue weighted by atomic mass is 9.94. The minimum atomic E-state index is -1.11. The van der Waals surface area contributed by atoms with Crippen molar-refractivity contribution in [3.8, 4) is 0 Å². The summed E-state index contributed by atoms with van der Waals surface area (Å²) in [7, 11) is 0. The van der Waals surface area contributed by atoms with Crippen LogP contribution < -0.4 is 16.4 Å². The Morgan fingerprint density at radius 3 is 2.07 bits per heavy atom. The molecule has 0 saturated carbocycles. The van der Waals surface area contributed by atoms with Gasteiger partial charge in [-0.1, -0.05) is 62.9 Å². The Labute approximate surface area is 247 Å². The van der Waals surface area contributed by atoms with Gasteiger partial charge >= 0.3 is 6.09 Å². The molecule has 0 aliphatic rings. The number of nitrogens with zero attached hydrogens (tertiary/aromatic N) is 1. The Kier molecular flexibility index (Phi) is 14.9. The molecule has 3 unspecified atom stereocenters. The largest absolute Gasteiger partial charge is 0.444 e. The van der Waals surface area contributed by atoms with Crippen LogP contribution in [0.25, 0.3) is 0 Å². The van der Waals surface area contributed by atoms with Crippen molar-refractivity contribution in [3.63, 3.8) is 0 Å². The molecule has 0 saturated heterocycles. The van der Waals surface area contributed by atoms with E-state index in [1.165, 1.54) is 0 Å². The summed E-state index contributed by atoms with van der Waals surface area (Å²) in [5, 5.41) is 5.72. The number of nitrogens with one attached hydrogen (secondary N) is 2. The number of alkyl carbamates (subject to hydrolysis) is 1. The molecule has 0 fully saturated rings. The zero-order valence-corrected chi connectivity index (χ0v) is 26.8. The van der Waals surface area contributed by atoms with Crippen molar-refractivity contribution < 1.29 is 23.9 Å². The van der Waals surface area contributed by atoms with Gasteiger partial charge in [-0.05, 0) is 78.7 Å². The van der Waals surface area contributed by atoms with Crippen LogP contribution in [-0.2, 0) is 19.1 Å². The highest BCUT2D eigenvalue weighted by Gasteiger charge is 2.39. The number of carbonyl (C=O) groups excluding carboxylic acids is 4. The van der Waals surface area contributed by atoms with Crippen LogP contribution in [-0.4, -0.2) is 52.9 Å². The van der Waals surface area contributed by atoms with Gasteiger partial charge in [0, 0.05) is 19.0 Å². The van der Waals surface area contributed by atoms with Crippen molar-refractivity contribution >= 4 is 23.8 Å². The molecule has 232 valence electrons. The van der Waals surface area contributed by atoms with Crippen molar-refractivity contribution in [2.24, 2.45) is 11.7 Å². The Morgan fingerprint density at radius 1 is 0.951 bits per heavy atom. The first-order valence-corrected chi connectivity index (χ1v) is 15.0. The fourth-order valence-electron chi connectivity index (χ4n) is 4.78. The van der Waals surface area contributed by atoms with E-state index in [1.54, 1.807) is 25.7 Å². The van der Waals surface area contributed by atoms with E-state index in [1.807, 2.05) is 39.0 Å². The lowest BCUT2D eigenvalue weighted by Gasteiger charge is -2.39. The maximum Gasteiger partial charge on any atom is 0.408 e. The minimum absolute atomic E-state index is 0.0154. The van der Waals surface area contributed by atoms with E-state index in [9.17, 15) is 19.2 Å². The van der Waals surface area contributed by atoms with Crippen LogP contribution in [0, 0.1) is 19.8 Å². The first-order chi connectivity index (χ1) is 19.0. The average Bonchev–Trinajstić information content (AvgIpc) is 2.83. The molecule has 41 heavy (non-hydrogen) atoms. The number of hydrogen-bond donors (Lipinski definition) is 3. The lowest BCUT2D eigenvalue weighted by Crippen LogP contribution is -2.55. The maximum atomic E-state index is 14.4. The summed E-state index contributed by atoms with van der Waals surface area (Å²) < 4.78 is 5.43. The highest BCUT2D eigenvalue weighted by atomic mass is 16.6. The van der Waals surface area contributed by atoms with Crippen LogP contribution in [0.4, 0.5) is 4.79 Å². The van der Waals surface area contributed by atoms with Gasteiger partial charge in [0.2, 0.25) is 17.7 Å². The molecule has 3 atom stereocenters. The number of primary amides is 1. The van der Waals surface area contributed by atoms with Gasteiger partial charge in [-0.2, -0.15) is 0 Å². The second-order valence-corrected chi connectivity index (χ2v) is 12.6. The molecule has 0 aliphatic carbocycles. The highest BCUT2D eigenvalue weighted by molar-refractivity contribution is 5.92. The predicted octanol–water partition coefficient (Wildman–Crippen LogP) is 5.46. The summed E-state index contributed by atoms with van der Waals surface area (Å²) in [5.74, 6) is -0.932. The quantitative estimate of drug-likeness (QED) is 0.226. The second kappa shape index (κ2) is 17.0. The van der Waals surface area contributed by atoms with E-state index < -0.39 is 35.6 Å². The molecule has 1 aromatic carbocycles. The van der Waals surface area contributed by atoms with E-state index in [4.69, 9.17) is 10.5 Å². The number of nitrogens with two attached hydrogens (primary N) is 1. The summed E-state index contributed by atoms with van der Waals surface area (Å²) in [4.78, 5) is 54.5. The van der Waals surface area contributed by atoms with E-state index in [-0.39, 0.29) is 24.8 Å². The van der Waals surface area contributed by atoms with Crippen molar-refractivity contribution in [2.75, 3.05) is 6.54 Å². The first kappa shape index (κ1) is 35.9. The third-order valence-corrected chi connectivity index (χ3v) is 6.73. The molecular weight excluding hydrogens is 520 g/mol. The standard InChI is InChI=1S/C32H54N4O5/c1-10-11-12-17-34-29(38)28(25-19-22(4)18-23(5)20-25)36(24(6)14-13-21(2)3)30(39)26(15-16-27(33)37)35-31(40)41-32(7,8)9/h18-21,24,26,28H,10-17H2,1-9H3,(H2,33,37)(H,34,38)(H,35,40). The SMILES string of the molecule is CCCCCNC(=O)C(c1cc(C)cc(C)c1)N(C(=O)C(CCC(N)=O)NC(=O)OC(C)(C)C)C(C)CCC(C)C. The molecule has 0 heterocycles. The number of aryl methyl sites for hydroxylation is 2. The summed E-state index contributed by atoms with van der Waals surface area (Å²) in [6, 6.07) is 3.50. The molecule has 4 amide bonds. The zero-order chi connectivity index (χ0) is 31.3. The van der Waals surface area contributed by atoms with Gasteiger partial charge in [0.1, 0.15) is 17.7 Å². The van der Waals surface area contributed by atoms with Crippen LogP contribution in [0.5, 0.6) is 0 Å². The number of unbranched alkanes of at least 4 members (excludes halogenated alkanes) is 2. The summed E-state index contributed by atoms with van der Waals surface area (Å²) in [6.07, 6.45) is 3.43. The van der Waals surface area contributed by atoms with Crippen molar-refractivity contribution in [3.05, 3.63) is 34.9 Å². The van der Waals surface area contributed by atoms with Gasteiger partial charge in [0.15, 0.2) is 0 Å². The molecule has 9 heteroatoms. The number of rotatable bonds is 16. The zero-order valence-electron chi connectivity index (χ0n) is 26.8. The minimum Gasteiger partial charge on any atom is -0.444 e. The molecule has 0 radical (unpaired) electrons. The van der Waals surface area contributed by atoms with Crippen molar-refractivity contribution in [1.29, 1.82) is 0 Å². The normalized spacial score (nSPS) is 13.7. The fraction of sp³-hybridized carbons (Fsp3) is 0.688. The number of hydrogen-bond acceptors (Lipinski definition) is 5. The Hall–Kier alpha value is -3.10. The van der Waals surface area contributed by atoms with Gasteiger partial charge in [0.25, 0.3) is 0 Å². The number of benzene rings is 1. The number of carbonyl (C=O) groups is 4. The Bertz CT molecular complexity index is 998. The smallest absolute Gasteiger partial charge is 0.408 e. The molecule has 0 spiro atoms. The van der Waals surface area contributed by atoms with Gasteiger partial charge in [-0.15, -0.1) is 0 Å². The third kappa shape index (κ3) is 13.4. The van der Waals surface area contributed by atoms with E-state index in [0.717, 1.165) is 36.8 Å². The van der Waals surface area contributed by atoms with Gasteiger partial charge < -0.3 is 26.0 Å². The molecule has 0 bridgehead atoms. The Morgan fingerprint density at radius 2 is 1.56 bits per heavy atom. The molecule has 1 rings (SSSR count). The number of amides is 4. The van der Waals surface area contributed by atoms with Crippen LogP contribution >= 0.6 is 0 Å². The van der Waals surface area contributed by atoms with Gasteiger partial charge in [-0.25, -0.2) is 4.79 Å². The monoisotopic (exact) mass is 574 g/mol. The molecule has 4 N–H and O–H groups in total. The third-order valence-electron chi connectivity index (χ3n) is 6.73. The van der Waals surface area contributed by atoms with E-state index >= 15 is 0 Å². The average molecular weight is 575 g/mol. The van der Waals surface area contributed by atoms with Crippen molar-refractivity contribution in [2.45, 2.75) is 131 Å². The lowest BCUT2D eigenvalue weighted by molar-refractivity contribution is -0.145. The molecular formula is C32H54N4O5. The highest BCUT2D eigenvalue weighted by Crippen LogP contribution is 2.29. The predicted molar refractivity (Wildman–Crippen MR) is 163 cm³/mol. The Balaban J connectivity index is 3.66. The fourth-order valence-corrected chi connectivity index (χ4v) is 4.78. The van der Waals surface area contributed by atoms with Crippen LogP contribution in [0.1, 0.15) is 116 Å². The molecule has 1 aromatic rings. The second-order valence-electron chi connectivity index (χ2n) is 12.6. The molecule has 0 aromatic heterocycles. The van der Waals surface area contributed by atoms with E-state index in [0.29, 0.717) is 24.4 Å².